The molecule has 156 valence electrons. The van der Waals surface area contributed by atoms with Crippen molar-refractivity contribution in [2.45, 2.75) is 19.8 Å². The number of carbonyl (C=O) groups excluding carboxylic acids is 1. The van der Waals surface area contributed by atoms with E-state index in [2.05, 4.69) is 22.8 Å². The minimum absolute atomic E-state index is 0.324. The van der Waals surface area contributed by atoms with Crippen molar-refractivity contribution in [2.24, 2.45) is 0 Å². The highest BCUT2D eigenvalue weighted by molar-refractivity contribution is 7.80. The average molecular weight is 459 g/mol. The molecular weight excluding hydrogens is 436 g/mol. The lowest BCUT2D eigenvalue weighted by Crippen LogP contribution is -2.30. The van der Waals surface area contributed by atoms with Gasteiger partial charge in [0.2, 0.25) is 0 Å². The van der Waals surface area contributed by atoms with Gasteiger partial charge in [0.05, 0.1) is 12.2 Å². The zero-order chi connectivity index (χ0) is 21.3. The quantitative estimate of drug-likeness (QED) is 0.335. The molecule has 1 heterocycles. The standard InChI is InChI=1S/C23H23ClN2O2S2/c1-2-28-22(27)20-15-19(14-16-7-4-3-5-8-16)30-21(20)26-23(29)25-12-11-17-9-6-10-18(24)13-17/h3-10,13,15H,2,11-12,14H2,1H3,(H2,25,26,29). The Morgan fingerprint density at radius 3 is 2.60 bits per heavy atom. The number of thiophene rings is 1. The molecule has 3 aromatic rings. The normalized spacial score (nSPS) is 10.5. The zero-order valence-electron chi connectivity index (χ0n) is 16.6. The van der Waals surface area contributed by atoms with Crippen LogP contribution in [0, 0.1) is 0 Å². The number of halogens is 1. The fourth-order valence-corrected chi connectivity index (χ4v) is 4.50. The van der Waals surface area contributed by atoms with Crippen molar-refractivity contribution in [3.63, 3.8) is 0 Å². The summed E-state index contributed by atoms with van der Waals surface area (Å²) < 4.78 is 5.22. The van der Waals surface area contributed by atoms with Crippen LogP contribution < -0.4 is 10.6 Å². The Balaban J connectivity index is 1.65. The first kappa shape index (κ1) is 22.3. The van der Waals surface area contributed by atoms with Crippen molar-refractivity contribution in [3.8, 4) is 0 Å². The number of benzene rings is 2. The minimum atomic E-state index is -0.350. The fraction of sp³-hybridized carbons (Fsp3) is 0.217. The molecule has 0 fully saturated rings. The van der Waals surface area contributed by atoms with Gasteiger partial charge < -0.3 is 15.4 Å². The first-order chi connectivity index (χ1) is 14.5. The minimum Gasteiger partial charge on any atom is -0.462 e. The van der Waals surface area contributed by atoms with Crippen LogP contribution >= 0.6 is 35.2 Å². The van der Waals surface area contributed by atoms with Crippen LogP contribution in [0.15, 0.2) is 60.7 Å². The van der Waals surface area contributed by atoms with E-state index < -0.39 is 0 Å². The molecule has 4 nitrogen and oxygen atoms in total. The van der Waals surface area contributed by atoms with Gasteiger partial charge in [0, 0.05) is 22.9 Å². The maximum absolute atomic E-state index is 12.4. The number of nitrogens with one attached hydrogen (secondary N) is 2. The molecule has 0 atom stereocenters. The van der Waals surface area contributed by atoms with E-state index in [9.17, 15) is 4.79 Å². The molecule has 0 spiro atoms. The third kappa shape index (κ3) is 6.55. The van der Waals surface area contributed by atoms with Crippen LogP contribution in [0.1, 0.15) is 33.3 Å². The molecule has 0 amide bonds. The SMILES string of the molecule is CCOC(=O)c1cc(Cc2ccccc2)sc1NC(=S)NCCc1cccc(Cl)c1. The van der Waals surface area contributed by atoms with Crippen molar-refractivity contribution in [1.29, 1.82) is 0 Å². The smallest absolute Gasteiger partial charge is 0.341 e. The van der Waals surface area contributed by atoms with Gasteiger partial charge >= 0.3 is 5.97 Å². The van der Waals surface area contributed by atoms with Gasteiger partial charge in [-0.3, -0.25) is 0 Å². The van der Waals surface area contributed by atoms with Gasteiger partial charge in [-0.15, -0.1) is 11.3 Å². The van der Waals surface area contributed by atoms with Crippen molar-refractivity contribution in [3.05, 3.63) is 87.3 Å². The van der Waals surface area contributed by atoms with E-state index in [0.717, 1.165) is 28.3 Å². The first-order valence-corrected chi connectivity index (χ1v) is 11.3. The molecule has 0 aliphatic carbocycles. The number of esters is 1. The lowest BCUT2D eigenvalue weighted by molar-refractivity contribution is 0.0528. The number of thiocarbonyl (C=S) groups is 1. The summed E-state index contributed by atoms with van der Waals surface area (Å²) >= 11 is 13.0. The highest BCUT2D eigenvalue weighted by Gasteiger charge is 2.18. The Morgan fingerprint density at radius 1 is 1.10 bits per heavy atom. The van der Waals surface area contributed by atoms with Gasteiger partial charge in [-0.1, -0.05) is 54.1 Å². The average Bonchev–Trinajstić information content (AvgIpc) is 3.11. The molecule has 0 unspecified atom stereocenters. The lowest BCUT2D eigenvalue weighted by atomic mass is 10.1. The molecule has 0 radical (unpaired) electrons. The van der Waals surface area contributed by atoms with Crippen LogP contribution in [0.4, 0.5) is 5.00 Å². The van der Waals surface area contributed by atoms with E-state index in [1.165, 1.54) is 16.9 Å². The highest BCUT2D eigenvalue weighted by Crippen LogP contribution is 2.30. The maximum Gasteiger partial charge on any atom is 0.341 e. The van der Waals surface area contributed by atoms with Gasteiger partial charge in [-0.05, 0) is 54.9 Å². The van der Waals surface area contributed by atoms with E-state index >= 15 is 0 Å². The maximum atomic E-state index is 12.4. The number of hydrogen-bond donors (Lipinski definition) is 2. The third-order valence-electron chi connectivity index (χ3n) is 4.31. The molecule has 0 saturated carbocycles. The number of ether oxygens (including phenoxy) is 1. The molecule has 2 aromatic carbocycles. The second-order valence-electron chi connectivity index (χ2n) is 6.60. The molecule has 1 aromatic heterocycles. The van der Waals surface area contributed by atoms with Crippen molar-refractivity contribution in [2.75, 3.05) is 18.5 Å². The molecule has 2 N–H and O–H groups in total. The Labute approximate surface area is 191 Å². The Hall–Kier alpha value is -2.41. The van der Waals surface area contributed by atoms with Gasteiger partial charge in [-0.2, -0.15) is 0 Å². The molecular formula is C23H23ClN2O2S2. The first-order valence-electron chi connectivity index (χ1n) is 9.68. The summed E-state index contributed by atoms with van der Waals surface area (Å²) in [5, 5.41) is 8.24. The third-order valence-corrected chi connectivity index (χ3v) is 5.85. The number of rotatable bonds is 8. The molecule has 3 rings (SSSR count). The number of anilines is 1. The van der Waals surface area contributed by atoms with Crippen LogP contribution in [-0.2, 0) is 17.6 Å². The highest BCUT2D eigenvalue weighted by atomic mass is 35.5. The fourth-order valence-electron chi connectivity index (χ4n) is 2.94. The number of carbonyl (C=O) groups is 1. The van der Waals surface area contributed by atoms with E-state index in [-0.39, 0.29) is 5.97 Å². The zero-order valence-corrected chi connectivity index (χ0v) is 19.0. The van der Waals surface area contributed by atoms with Gasteiger partial charge in [0.1, 0.15) is 5.00 Å². The molecule has 30 heavy (non-hydrogen) atoms. The summed E-state index contributed by atoms with van der Waals surface area (Å²) in [6.07, 6.45) is 1.53. The van der Waals surface area contributed by atoms with Crippen LogP contribution in [0.5, 0.6) is 0 Å². The van der Waals surface area contributed by atoms with Crippen LogP contribution in [0.2, 0.25) is 5.02 Å². The van der Waals surface area contributed by atoms with Gasteiger partial charge in [0.25, 0.3) is 0 Å². The van der Waals surface area contributed by atoms with E-state index in [1.54, 1.807) is 6.92 Å². The van der Waals surface area contributed by atoms with Crippen molar-refractivity contribution >= 4 is 51.2 Å². The Morgan fingerprint density at radius 2 is 1.87 bits per heavy atom. The van der Waals surface area contributed by atoms with Crippen molar-refractivity contribution in [1.82, 2.24) is 5.32 Å². The summed E-state index contributed by atoms with van der Waals surface area (Å²) in [5.74, 6) is -0.350. The molecule has 0 aliphatic heterocycles. The van der Waals surface area contributed by atoms with Gasteiger partial charge in [0.15, 0.2) is 5.11 Å². The Bertz CT molecular complexity index is 1010. The number of hydrogen-bond acceptors (Lipinski definition) is 4. The predicted molar refractivity (Wildman–Crippen MR) is 129 cm³/mol. The van der Waals surface area contributed by atoms with E-state index in [0.29, 0.717) is 28.8 Å². The van der Waals surface area contributed by atoms with Gasteiger partial charge in [-0.25, -0.2) is 4.79 Å². The van der Waals surface area contributed by atoms with Crippen LogP contribution in [0.3, 0.4) is 0 Å². The van der Waals surface area contributed by atoms with E-state index in [1.807, 2.05) is 48.5 Å². The van der Waals surface area contributed by atoms with Crippen LogP contribution in [0.25, 0.3) is 0 Å². The Kier molecular flexibility index (Phi) is 8.25. The molecule has 0 saturated heterocycles. The van der Waals surface area contributed by atoms with E-state index in [4.69, 9.17) is 28.6 Å². The molecule has 7 heteroatoms. The summed E-state index contributed by atoms with van der Waals surface area (Å²) in [7, 11) is 0. The second kappa shape index (κ2) is 11.1. The summed E-state index contributed by atoms with van der Waals surface area (Å²) in [4.78, 5) is 13.5. The topological polar surface area (TPSA) is 50.4 Å². The predicted octanol–water partition coefficient (Wildman–Crippen LogP) is 5.70. The van der Waals surface area contributed by atoms with Crippen LogP contribution in [-0.4, -0.2) is 24.2 Å². The molecule has 0 aliphatic rings. The summed E-state index contributed by atoms with van der Waals surface area (Å²) in [6.45, 7) is 2.78. The largest absolute Gasteiger partial charge is 0.462 e. The summed E-state index contributed by atoms with van der Waals surface area (Å²) in [6, 6.07) is 19.8. The summed E-state index contributed by atoms with van der Waals surface area (Å²) in [5.41, 5.74) is 2.82. The van der Waals surface area contributed by atoms with Crippen molar-refractivity contribution < 1.29 is 9.53 Å². The monoisotopic (exact) mass is 458 g/mol. The molecule has 0 bridgehead atoms. The second-order valence-corrected chi connectivity index (χ2v) is 8.58. The lowest BCUT2D eigenvalue weighted by Gasteiger charge is -2.11.